The van der Waals surface area contributed by atoms with Crippen molar-refractivity contribution < 1.29 is 41.4 Å². The monoisotopic (exact) mass is 623 g/mol. The Morgan fingerprint density at radius 2 is 0.894 bits per heavy atom. The first-order valence-electron chi connectivity index (χ1n) is 27.5. The van der Waals surface area contributed by atoms with E-state index in [1.54, 1.807) is 0 Å². The second-order valence-corrected chi connectivity index (χ2v) is 10.3. The average Bonchev–Trinajstić information content (AvgIpc) is 3.75. The van der Waals surface area contributed by atoms with Crippen molar-refractivity contribution in [2.24, 2.45) is 0 Å². The third-order valence-electron chi connectivity index (χ3n) is 7.83. The highest BCUT2D eigenvalue weighted by molar-refractivity contribution is 6.23. The molecule has 10 rings (SSSR count). The van der Waals surface area contributed by atoms with Crippen LogP contribution in [-0.4, -0.2) is 0 Å². The number of hydrogen-bond acceptors (Lipinski definition) is 1. The zero-order valence-electron chi connectivity index (χ0n) is 50.5. The molecule has 9 aromatic carbocycles. The Balaban J connectivity index is 1.41. The predicted octanol–water partition coefficient (Wildman–Crippen LogP) is 13.2. The van der Waals surface area contributed by atoms with Crippen molar-refractivity contribution in [1.29, 1.82) is 0 Å². The van der Waals surface area contributed by atoms with Gasteiger partial charge in [0.2, 0.25) is 0 Å². The molecule has 0 amide bonds. The summed E-state index contributed by atoms with van der Waals surface area (Å²) in [5.74, 6) is 0. The van der Waals surface area contributed by atoms with Gasteiger partial charge in [0.25, 0.3) is 0 Å². The van der Waals surface area contributed by atoms with Crippen LogP contribution in [0.2, 0.25) is 0 Å². The van der Waals surface area contributed by atoms with Crippen LogP contribution in [0.4, 0.5) is 0 Å². The van der Waals surface area contributed by atoms with E-state index in [0.717, 1.165) is 6.07 Å². The van der Waals surface area contributed by atoms with E-state index in [4.69, 9.17) is 27.7 Å². The fourth-order valence-corrected chi connectivity index (χ4v) is 5.80. The molecule has 0 saturated carbocycles. The lowest BCUT2D eigenvalue weighted by Crippen LogP contribution is -1.91. The van der Waals surface area contributed by atoms with Gasteiger partial charge in [0.15, 0.2) is 0 Å². The molecule has 218 valence electrons. The molecular formula is C46H28O. The van der Waals surface area contributed by atoms with Crippen molar-refractivity contribution in [3.8, 4) is 33.4 Å². The van der Waals surface area contributed by atoms with Crippen LogP contribution in [0.3, 0.4) is 0 Å². The van der Waals surface area contributed by atoms with E-state index in [0.29, 0.717) is 0 Å². The van der Waals surface area contributed by atoms with Crippen molar-refractivity contribution in [1.82, 2.24) is 0 Å². The van der Waals surface area contributed by atoms with Crippen LogP contribution in [0.5, 0.6) is 0 Å². The molecule has 0 spiro atoms. The predicted molar refractivity (Wildman–Crippen MR) is 200 cm³/mol. The van der Waals surface area contributed by atoms with Crippen molar-refractivity contribution in [3.05, 3.63) is 169 Å². The van der Waals surface area contributed by atoms with Crippen molar-refractivity contribution in [3.63, 3.8) is 0 Å². The summed E-state index contributed by atoms with van der Waals surface area (Å²) in [5.41, 5.74) is -5.18. The number of benzene rings is 9. The molecule has 1 heteroatoms. The largest absolute Gasteiger partial charge is 0.455 e. The summed E-state index contributed by atoms with van der Waals surface area (Å²) >= 11 is 0. The molecular weight excluding hydrogens is 569 g/mol. The van der Waals surface area contributed by atoms with Gasteiger partial charge in [-0.15, -0.1) is 0 Å². The van der Waals surface area contributed by atoms with Gasteiger partial charge >= 0.3 is 0 Å². The van der Waals surface area contributed by atoms with E-state index in [1.807, 2.05) is 0 Å². The van der Waals surface area contributed by atoms with Gasteiger partial charge in [-0.2, -0.15) is 0 Å². The molecule has 0 unspecified atom stereocenters. The Labute approximate surface area is 309 Å². The minimum absolute atomic E-state index is 0.135. The zero-order chi connectivity index (χ0) is 54.4. The van der Waals surface area contributed by atoms with Gasteiger partial charge in [-0.1, -0.05) is 151 Å². The number of fused-ring (bicyclic) bond motifs is 8. The van der Waals surface area contributed by atoms with Crippen LogP contribution in [0.25, 0.3) is 98.4 Å². The first-order chi connectivity index (χ1) is 34.6. The van der Waals surface area contributed by atoms with Gasteiger partial charge in [-0.05, 0) is 89.2 Å². The molecule has 47 heavy (non-hydrogen) atoms. The van der Waals surface area contributed by atoms with Gasteiger partial charge in [-0.3, -0.25) is 0 Å². The third kappa shape index (κ3) is 3.97. The second kappa shape index (κ2) is 10.2. The molecule has 1 aromatic heterocycles. The third-order valence-corrected chi connectivity index (χ3v) is 7.83. The molecule has 0 N–H and O–H groups in total. The molecule has 0 fully saturated rings. The molecule has 0 aliphatic heterocycles. The fraction of sp³-hybridized carbons (Fsp3) is 0. The fourth-order valence-electron chi connectivity index (χ4n) is 5.80. The van der Waals surface area contributed by atoms with Crippen molar-refractivity contribution >= 4 is 65.0 Å². The molecule has 0 bridgehead atoms. The quantitative estimate of drug-likeness (QED) is 0.178. The molecule has 0 aliphatic carbocycles. The summed E-state index contributed by atoms with van der Waals surface area (Å²) in [4.78, 5) is 0. The molecule has 1 nitrogen and oxygen atoms in total. The Hall–Kier alpha value is -6.18. The van der Waals surface area contributed by atoms with E-state index in [-0.39, 0.29) is 27.1 Å². The van der Waals surface area contributed by atoms with E-state index < -0.39 is 234 Å². The lowest BCUT2D eigenvalue weighted by Gasteiger charge is -2.19. The minimum atomic E-state index is -1.07. The second-order valence-electron chi connectivity index (χ2n) is 10.3. The van der Waals surface area contributed by atoms with Crippen molar-refractivity contribution in [2.45, 2.75) is 0 Å². The summed E-state index contributed by atoms with van der Waals surface area (Å²) in [5, 5.41) is -5.10. The molecule has 0 radical (unpaired) electrons. The Morgan fingerprint density at radius 3 is 1.60 bits per heavy atom. The SMILES string of the molecule is [2H]c1c([2H])c(-c2c3c([2H])c([2H])c([2H])c([2H])c3c(-c3c([2H])c([2H])c([2H])c4c([2H])c([2H])c([2H])c([2H])c34)c3c([2H])c([2H])c([2H])c([2H])c23)c([2H])c([2H])c1-c1c([2H])c([2H])c2oc3c(cc([2H])c4c([2H])c([2H])c([2H])c([2H])c43)c2c1[2H]. The Bertz CT molecular complexity index is 4270. The number of rotatable bonds is 3. The lowest BCUT2D eigenvalue weighted by molar-refractivity contribution is 0.672. The van der Waals surface area contributed by atoms with Crippen LogP contribution in [-0.2, 0) is 0 Å². The maximum atomic E-state index is 9.60. The molecule has 1 heterocycles. The minimum Gasteiger partial charge on any atom is -0.455 e. The van der Waals surface area contributed by atoms with E-state index >= 15 is 0 Å². The van der Waals surface area contributed by atoms with Crippen molar-refractivity contribution in [2.75, 3.05) is 0 Å². The van der Waals surface area contributed by atoms with Crippen LogP contribution in [0, 0.1) is 0 Å². The molecule has 0 atom stereocenters. The molecule has 10 aromatic rings. The van der Waals surface area contributed by atoms with Crippen LogP contribution in [0.15, 0.2) is 174 Å². The highest BCUT2D eigenvalue weighted by atomic mass is 16.3. The van der Waals surface area contributed by atoms with Gasteiger partial charge in [0.05, 0.1) is 37.0 Å². The summed E-state index contributed by atoms with van der Waals surface area (Å²) in [6, 6.07) is -22.5. The van der Waals surface area contributed by atoms with Gasteiger partial charge in [-0.25, -0.2) is 0 Å². The first-order valence-corrected chi connectivity index (χ1v) is 14.0. The highest BCUT2D eigenvalue weighted by Gasteiger charge is 2.18. The van der Waals surface area contributed by atoms with Crippen LogP contribution in [0.1, 0.15) is 37.0 Å². The van der Waals surface area contributed by atoms with E-state index in [2.05, 4.69) is 0 Å². The van der Waals surface area contributed by atoms with Crippen LogP contribution >= 0.6 is 0 Å². The normalized spacial score (nSPS) is 19.9. The Kier molecular flexibility index (Phi) is 2.37. The number of furan rings is 1. The van der Waals surface area contributed by atoms with Crippen LogP contribution < -0.4 is 0 Å². The summed E-state index contributed by atoms with van der Waals surface area (Å²) in [7, 11) is 0. The summed E-state index contributed by atoms with van der Waals surface area (Å²) in [6.07, 6.45) is 0. The highest BCUT2D eigenvalue weighted by Crippen LogP contribution is 2.45. The number of hydrogen-bond donors (Lipinski definition) is 0. The summed E-state index contributed by atoms with van der Waals surface area (Å²) in [6.45, 7) is 0. The lowest BCUT2D eigenvalue weighted by atomic mass is 9.84. The summed E-state index contributed by atoms with van der Waals surface area (Å²) < 4.78 is 248. The average molecular weight is 624 g/mol. The smallest absolute Gasteiger partial charge is 0.143 e. The van der Waals surface area contributed by atoms with E-state index in [9.17, 15) is 13.7 Å². The van der Waals surface area contributed by atoms with E-state index in [1.165, 1.54) is 0 Å². The molecule has 0 aliphatic rings. The first kappa shape index (κ1) is 11.0. The standard InChI is InChI=1S/C46H28O/c1-3-13-34-30(10-1)12-9-19-36(34)45-39-17-7-5-15-37(39)44(38-16-6-8-18-40(38)45)32-22-20-29(21-23-32)33-25-27-43-42(28-33)41-26-24-31-11-2-4-14-35(31)46(41)47-43/h1-28H/i1D,2D,3D,4D,5D,6D,7D,8D,9D,10D,11D,12D,13D,14D,15D,16D,17D,18D,19D,20D,21D,22D,23D,24D,25D,27D,28D. The van der Waals surface area contributed by atoms with Gasteiger partial charge in [0.1, 0.15) is 11.2 Å². The molecule has 0 saturated heterocycles. The topological polar surface area (TPSA) is 13.1 Å². The maximum Gasteiger partial charge on any atom is 0.143 e. The van der Waals surface area contributed by atoms with Gasteiger partial charge < -0.3 is 4.42 Å². The Morgan fingerprint density at radius 1 is 0.362 bits per heavy atom. The van der Waals surface area contributed by atoms with Gasteiger partial charge in [0, 0.05) is 16.2 Å². The zero-order valence-corrected chi connectivity index (χ0v) is 23.5. The maximum absolute atomic E-state index is 9.60.